The van der Waals surface area contributed by atoms with Crippen molar-refractivity contribution in [2.45, 2.75) is 6.18 Å². The van der Waals surface area contributed by atoms with Crippen molar-refractivity contribution in [2.24, 2.45) is 0 Å². The molecule has 4 nitrogen and oxygen atoms in total. The van der Waals surface area contributed by atoms with E-state index >= 15 is 0 Å². The van der Waals surface area contributed by atoms with E-state index in [4.69, 9.17) is 11.6 Å². The SMILES string of the molecule is O=C(Nc1cc(C(F)(F)F)ccc1-n1ccnc1)c1cccc(Cl)c1. The van der Waals surface area contributed by atoms with Crippen LogP contribution >= 0.6 is 11.6 Å². The van der Waals surface area contributed by atoms with Crippen molar-refractivity contribution in [3.05, 3.63) is 77.3 Å². The first-order chi connectivity index (χ1) is 11.8. The lowest BCUT2D eigenvalue weighted by molar-refractivity contribution is -0.137. The van der Waals surface area contributed by atoms with Crippen LogP contribution in [0.3, 0.4) is 0 Å². The average molecular weight is 366 g/mol. The number of halogens is 4. The fraction of sp³-hybridized carbons (Fsp3) is 0.0588. The molecule has 0 aliphatic rings. The molecule has 2 aromatic carbocycles. The molecule has 0 saturated heterocycles. The molecule has 0 radical (unpaired) electrons. The van der Waals surface area contributed by atoms with Crippen LogP contribution in [0.5, 0.6) is 0 Å². The Morgan fingerprint density at radius 1 is 1.16 bits per heavy atom. The summed E-state index contributed by atoms with van der Waals surface area (Å²) in [5.41, 5.74) is -0.252. The summed E-state index contributed by atoms with van der Waals surface area (Å²) in [7, 11) is 0. The van der Waals surface area contributed by atoms with Crippen LogP contribution in [0.15, 0.2) is 61.2 Å². The Bertz CT molecular complexity index is 908. The van der Waals surface area contributed by atoms with Gasteiger partial charge in [-0.05, 0) is 36.4 Å². The molecule has 0 bridgehead atoms. The smallest absolute Gasteiger partial charge is 0.320 e. The molecule has 25 heavy (non-hydrogen) atoms. The lowest BCUT2D eigenvalue weighted by atomic mass is 10.1. The third-order valence-electron chi connectivity index (χ3n) is 3.44. The Morgan fingerprint density at radius 3 is 2.60 bits per heavy atom. The molecule has 0 aliphatic heterocycles. The van der Waals surface area contributed by atoms with Crippen molar-refractivity contribution in [1.82, 2.24) is 9.55 Å². The van der Waals surface area contributed by atoms with Crippen LogP contribution in [-0.4, -0.2) is 15.5 Å². The van der Waals surface area contributed by atoms with Crippen molar-refractivity contribution in [3.63, 3.8) is 0 Å². The summed E-state index contributed by atoms with van der Waals surface area (Å²) in [6, 6.07) is 9.24. The number of hydrogen-bond donors (Lipinski definition) is 1. The molecule has 1 aromatic heterocycles. The normalized spacial score (nSPS) is 11.4. The van der Waals surface area contributed by atoms with Gasteiger partial charge in [-0.15, -0.1) is 0 Å². The van der Waals surface area contributed by atoms with E-state index in [1.807, 2.05) is 0 Å². The van der Waals surface area contributed by atoms with Gasteiger partial charge in [-0.2, -0.15) is 13.2 Å². The van der Waals surface area contributed by atoms with Crippen LogP contribution in [0.4, 0.5) is 18.9 Å². The van der Waals surface area contributed by atoms with Gasteiger partial charge in [0, 0.05) is 23.0 Å². The fourth-order valence-electron chi connectivity index (χ4n) is 2.26. The Hall–Kier alpha value is -2.80. The third kappa shape index (κ3) is 3.83. The maximum absolute atomic E-state index is 13.0. The lowest BCUT2D eigenvalue weighted by Crippen LogP contribution is -2.15. The highest BCUT2D eigenvalue weighted by Gasteiger charge is 2.31. The second-order valence-corrected chi connectivity index (χ2v) is 5.60. The number of carbonyl (C=O) groups excluding carboxylic acids is 1. The van der Waals surface area contributed by atoms with E-state index in [0.29, 0.717) is 10.7 Å². The molecule has 1 amide bonds. The number of nitrogens with one attached hydrogen (secondary N) is 1. The molecule has 1 heterocycles. The van der Waals surface area contributed by atoms with Crippen molar-refractivity contribution >= 4 is 23.2 Å². The van der Waals surface area contributed by atoms with E-state index in [1.54, 1.807) is 18.3 Å². The number of imidazole rings is 1. The number of carbonyl (C=O) groups is 1. The number of nitrogens with zero attached hydrogens (tertiary/aromatic N) is 2. The lowest BCUT2D eigenvalue weighted by Gasteiger charge is -2.15. The summed E-state index contributed by atoms with van der Waals surface area (Å²) >= 11 is 5.85. The van der Waals surface area contributed by atoms with Gasteiger partial charge >= 0.3 is 6.18 Å². The van der Waals surface area contributed by atoms with Gasteiger partial charge in [0.1, 0.15) is 0 Å². The molecule has 0 aliphatic carbocycles. The zero-order valence-corrected chi connectivity index (χ0v) is 13.3. The van der Waals surface area contributed by atoms with Crippen LogP contribution in [0.1, 0.15) is 15.9 Å². The molecule has 0 spiro atoms. The number of alkyl halides is 3. The van der Waals surface area contributed by atoms with Gasteiger partial charge in [-0.25, -0.2) is 4.98 Å². The molecule has 0 saturated carbocycles. The molecular formula is C17H11ClF3N3O. The summed E-state index contributed by atoms with van der Waals surface area (Å²) < 4.78 is 40.5. The molecule has 3 aromatic rings. The quantitative estimate of drug-likeness (QED) is 0.725. The number of aromatic nitrogens is 2. The highest BCUT2D eigenvalue weighted by Crippen LogP contribution is 2.33. The van der Waals surface area contributed by atoms with Gasteiger partial charge < -0.3 is 9.88 Å². The van der Waals surface area contributed by atoms with Crippen LogP contribution in [0, 0.1) is 0 Å². The molecule has 0 atom stereocenters. The van der Waals surface area contributed by atoms with Crippen LogP contribution in [0.2, 0.25) is 5.02 Å². The van der Waals surface area contributed by atoms with Crippen LogP contribution in [0.25, 0.3) is 5.69 Å². The van der Waals surface area contributed by atoms with Gasteiger partial charge in [-0.1, -0.05) is 17.7 Å². The molecule has 0 unspecified atom stereocenters. The Labute approximate surface area is 145 Å². The second-order valence-electron chi connectivity index (χ2n) is 5.16. The predicted octanol–water partition coefficient (Wildman–Crippen LogP) is 4.80. The number of benzene rings is 2. The molecule has 8 heteroatoms. The topological polar surface area (TPSA) is 46.9 Å². The molecule has 1 N–H and O–H groups in total. The molecular weight excluding hydrogens is 355 g/mol. The second kappa shape index (κ2) is 6.60. The van der Waals surface area contributed by atoms with Gasteiger partial charge in [0.15, 0.2) is 0 Å². The molecule has 0 fully saturated rings. The minimum Gasteiger partial charge on any atom is -0.320 e. The van der Waals surface area contributed by atoms with E-state index in [1.165, 1.54) is 35.3 Å². The van der Waals surface area contributed by atoms with Crippen molar-refractivity contribution < 1.29 is 18.0 Å². The maximum atomic E-state index is 13.0. The molecule has 3 rings (SSSR count). The number of anilines is 1. The molecule has 128 valence electrons. The number of hydrogen-bond acceptors (Lipinski definition) is 2. The number of amides is 1. The Morgan fingerprint density at radius 2 is 1.96 bits per heavy atom. The Kier molecular flexibility index (Phi) is 4.50. The first-order valence-electron chi connectivity index (χ1n) is 7.11. The zero-order chi connectivity index (χ0) is 18.0. The number of rotatable bonds is 3. The summed E-state index contributed by atoms with van der Waals surface area (Å²) in [6.45, 7) is 0. The highest BCUT2D eigenvalue weighted by molar-refractivity contribution is 6.31. The van der Waals surface area contributed by atoms with E-state index in [0.717, 1.165) is 12.1 Å². The maximum Gasteiger partial charge on any atom is 0.416 e. The van der Waals surface area contributed by atoms with Gasteiger partial charge in [-0.3, -0.25) is 4.79 Å². The largest absolute Gasteiger partial charge is 0.416 e. The van der Waals surface area contributed by atoms with Gasteiger partial charge in [0.2, 0.25) is 0 Å². The Balaban J connectivity index is 2.01. The van der Waals surface area contributed by atoms with Crippen LogP contribution < -0.4 is 5.32 Å². The van der Waals surface area contributed by atoms with Crippen molar-refractivity contribution in [2.75, 3.05) is 5.32 Å². The minimum atomic E-state index is -4.52. The highest BCUT2D eigenvalue weighted by atomic mass is 35.5. The summed E-state index contributed by atoms with van der Waals surface area (Å²) in [5, 5.41) is 2.86. The van der Waals surface area contributed by atoms with E-state index in [9.17, 15) is 18.0 Å². The monoisotopic (exact) mass is 365 g/mol. The summed E-state index contributed by atoms with van der Waals surface area (Å²) in [4.78, 5) is 16.2. The predicted molar refractivity (Wildman–Crippen MR) is 88.0 cm³/mol. The fourth-order valence-corrected chi connectivity index (χ4v) is 2.45. The van der Waals surface area contributed by atoms with Crippen molar-refractivity contribution in [1.29, 1.82) is 0 Å². The first kappa shape index (κ1) is 17.0. The van der Waals surface area contributed by atoms with Gasteiger partial charge in [0.25, 0.3) is 5.91 Å². The zero-order valence-electron chi connectivity index (χ0n) is 12.6. The minimum absolute atomic E-state index is 0.0119. The van der Waals surface area contributed by atoms with Gasteiger partial charge in [0.05, 0.1) is 23.3 Å². The average Bonchev–Trinajstić information content (AvgIpc) is 3.08. The standard InChI is InChI=1S/C17H11ClF3N3O/c18-13-3-1-2-11(8-13)16(25)23-14-9-12(17(19,20)21)4-5-15(14)24-7-6-22-10-24/h1-10H,(H,23,25). The van der Waals surface area contributed by atoms with E-state index < -0.39 is 17.6 Å². The van der Waals surface area contributed by atoms with E-state index in [2.05, 4.69) is 10.3 Å². The van der Waals surface area contributed by atoms with Crippen molar-refractivity contribution in [3.8, 4) is 5.69 Å². The third-order valence-corrected chi connectivity index (χ3v) is 3.68. The van der Waals surface area contributed by atoms with Crippen LogP contribution in [-0.2, 0) is 6.18 Å². The summed E-state index contributed by atoms with van der Waals surface area (Å²) in [6.07, 6.45) is -0.0431. The first-order valence-corrected chi connectivity index (χ1v) is 7.49. The summed E-state index contributed by atoms with van der Waals surface area (Å²) in [5.74, 6) is -0.566. The van der Waals surface area contributed by atoms with E-state index in [-0.39, 0.29) is 11.3 Å².